The lowest BCUT2D eigenvalue weighted by Gasteiger charge is -2.41. The van der Waals surface area contributed by atoms with E-state index in [-0.39, 0.29) is 30.5 Å². The lowest BCUT2D eigenvalue weighted by Crippen LogP contribution is -2.52. The number of nitriles is 1. The van der Waals surface area contributed by atoms with E-state index < -0.39 is 17.3 Å². The van der Waals surface area contributed by atoms with Gasteiger partial charge in [0.1, 0.15) is 18.2 Å². The second-order valence-corrected chi connectivity index (χ2v) is 17.4. The molecule has 5 aliphatic rings. The number of pyridine rings is 1. The van der Waals surface area contributed by atoms with Gasteiger partial charge in [-0.3, -0.25) is 29.2 Å². The highest BCUT2D eigenvalue weighted by Gasteiger charge is 2.30. The molecule has 338 valence electrons. The van der Waals surface area contributed by atoms with Crippen LogP contribution in [0, 0.1) is 24.1 Å². The molecule has 0 bridgehead atoms. The number of nitrogens with zero attached hydrogens (tertiary/aromatic N) is 8. The fourth-order valence-corrected chi connectivity index (χ4v) is 9.27. The van der Waals surface area contributed by atoms with Crippen LogP contribution in [0.1, 0.15) is 107 Å². The largest absolute Gasteiger partial charge is 0.388 e. The van der Waals surface area contributed by atoms with Gasteiger partial charge < -0.3 is 30.8 Å². The summed E-state index contributed by atoms with van der Waals surface area (Å²) in [5.41, 5.74) is 4.75. The van der Waals surface area contributed by atoms with E-state index in [1.54, 1.807) is 5.01 Å². The van der Waals surface area contributed by atoms with Gasteiger partial charge in [-0.2, -0.15) is 15.5 Å². The number of amides is 1. The molecule has 4 N–H and O–H groups in total. The molecule has 4 aliphatic heterocycles. The fourth-order valence-electron chi connectivity index (χ4n) is 9.27. The number of hydrogen-bond donors (Lipinski definition) is 4. The number of likely N-dealkylation sites (N-methyl/N-ethyl adjacent to an activating group) is 1. The van der Waals surface area contributed by atoms with Gasteiger partial charge in [0.05, 0.1) is 63.7 Å². The molecule has 3 fully saturated rings. The number of carbonyl (C=O) groups is 3. The number of allylic oxidation sites excluding steroid dienone is 2. The third-order valence-corrected chi connectivity index (χ3v) is 12.7. The number of aliphatic hydroxyl groups is 1. The summed E-state index contributed by atoms with van der Waals surface area (Å²) in [6.07, 6.45) is 18.5. The highest BCUT2D eigenvalue weighted by molar-refractivity contribution is 5.86. The van der Waals surface area contributed by atoms with E-state index in [1.165, 1.54) is 51.4 Å². The van der Waals surface area contributed by atoms with Crippen LogP contribution in [-0.4, -0.2) is 120 Å². The minimum Gasteiger partial charge on any atom is -0.388 e. The number of hydrogen-bond acceptors (Lipinski definition) is 13. The second-order valence-electron chi connectivity index (χ2n) is 17.4. The Bertz CT molecular complexity index is 2200. The zero-order valence-electron chi connectivity index (χ0n) is 37.4. The van der Waals surface area contributed by atoms with Gasteiger partial charge in [-0.25, -0.2) is 4.39 Å². The number of anilines is 2. The molecule has 1 saturated carbocycles. The van der Waals surface area contributed by atoms with E-state index in [0.29, 0.717) is 23.4 Å². The van der Waals surface area contributed by atoms with E-state index in [0.717, 1.165) is 105 Å². The number of halogens is 1. The predicted molar refractivity (Wildman–Crippen MR) is 244 cm³/mol. The van der Waals surface area contributed by atoms with Crippen LogP contribution < -0.4 is 20.9 Å². The summed E-state index contributed by atoms with van der Waals surface area (Å²) in [6, 6.07) is 8.82. The molecular weight excluding hydrogens is 802 g/mol. The van der Waals surface area contributed by atoms with E-state index >= 15 is 0 Å². The first-order valence-corrected chi connectivity index (χ1v) is 22.4. The molecule has 1 aromatic carbocycles. The smallest absolute Gasteiger partial charge is 0.229 e. The number of fused-ring (bicyclic) bond motifs is 2. The number of carbonyl (C=O) groups excluding carboxylic acids is 3. The van der Waals surface area contributed by atoms with Crippen LogP contribution in [-0.2, 0) is 20.0 Å². The van der Waals surface area contributed by atoms with Crippen LogP contribution >= 0.6 is 0 Å². The van der Waals surface area contributed by atoms with Crippen molar-refractivity contribution in [3.63, 3.8) is 0 Å². The molecule has 2 saturated heterocycles. The Kier molecular flexibility index (Phi) is 16.2. The lowest BCUT2D eigenvalue weighted by atomic mass is 9.95. The van der Waals surface area contributed by atoms with Crippen molar-refractivity contribution in [1.82, 2.24) is 35.3 Å². The number of nitrogens with one attached hydrogen (secondary N) is 3. The maximum absolute atomic E-state index is 15.0. The van der Waals surface area contributed by atoms with Crippen LogP contribution in [0.3, 0.4) is 0 Å². The Morgan fingerprint density at radius 2 is 1.79 bits per heavy atom. The first kappa shape index (κ1) is 47.0. The number of rotatable bonds is 11. The van der Waals surface area contributed by atoms with Crippen molar-refractivity contribution in [2.75, 3.05) is 63.6 Å². The van der Waals surface area contributed by atoms with E-state index in [2.05, 4.69) is 52.8 Å². The van der Waals surface area contributed by atoms with Crippen LogP contribution in [0.2, 0.25) is 0 Å². The van der Waals surface area contributed by atoms with Crippen molar-refractivity contribution in [2.24, 2.45) is 5.10 Å². The third-order valence-electron chi connectivity index (χ3n) is 12.7. The Labute approximate surface area is 370 Å². The van der Waals surface area contributed by atoms with Gasteiger partial charge in [-0.1, -0.05) is 25.3 Å². The van der Waals surface area contributed by atoms with Crippen molar-refractivity contribution in [3.8, 4) is 6.07 Å². The topological polar surface area (TPSA) is 184 Å². The SMILES string of the molecule is CNC(=O)C(CCC=O)c1nc(C)c(N2CCC(N3CCNCC3)CC2)cc1F.CNc1cc2cn(C3CCCCC3)nc2cc1C(C)(C)O.N#CC1=CC2CC=C(C=O)N2N=C1. The standard InChI is InChI=1S/C21H32FN5O2.C17H25N3O.C9H7N3O/c1-15-19(27-9-5-16(6-10-27)26-11-7-24-8-12-26)14-18(22)20(25-15)17(4-3-13-28)21(29)23-2;1-17(2,21)14-10-15-12(9-16(14)18-3)11-20(19-15)13-7-5-4-6-8-13;10-4-7-3-8-1-2-9(6-13)12(8)11-5-7/h13-14,16-17,24H,3-12H2,1-2H3,(H,23,29);9-11,13,18,21H,4-8H2,1-3H3;2-3,5-6,8H,1H2. The van der Waals surface area contributed by atoms with E-state index in [1.807, 2.05) is 52.1 Å². The van der Waals surface area contributed by atoms with Crippen LogP contribution in [0.25, 0.3) is 10.9 Å². The number of piperidine rings is 1. The molecule has 1 amide bonds. The van der Waals surface area contributed by atoms with Gasteiger partial charge in [0.15, 0.2) is 6.29 Å². The van der Waals surface area contributed by atoms with Crippen molar-refractivity contribution in [1.29, 1.82) is 5.26 Å². The maximum Gasteiger partial charge on any atom is 0.229 e. The van der Waals surface area contributed by atoms with Gasteiger partial charge in [-0.05, 0) is 77.5 Å². The molecule has 15 nitrogen and oxygen atoms in total. The average molecular weight is 866 g/mol. The van der Waals surface area contributed by atoms with Gasteiger partial charge in [0.2, 0.25) is 5.91 Å². The van der Waals surface area contributed by atoms with Gasteiger partial charge >= 0.3 is 0 Å². The highest BCUT2D eigenvalue weighted by atomic mass is 19.1. The van der Waals surface area contributed by atoms with Crippen molar-refractivity contribution < 1.29 is 23.9 Å². The predicted octanol–water partition coefficient (Wildman–Crippen LogP) is 5.62. The summed E-state index contributed by atoms with van der Waals surface area (Å²) >= 11 is 0. The molecule has 6 heterocycles. The normalized spacial score (nSPS) is 19.9. The van der Waals surface area contributed by atoms with Crippen molar-refractivity contribution in [2.45, 2.75) is 115 Å². The molecule has 0 spiro atoms. The Morgan fingerprint density at radius 1 is 1.06 bits per heavy atom. The van der Waals surface area contributed by atoms with E-state index in [9.17, 15) is 23.9 Å². The molecule has 1 aliphatic carbocycles. The molecule has 2 unspecified atom stereocenters. The summed E-state index contributed by atoms with van der Waals surface area (Å²) in [5.74, 6) is -1.55. The summed E-state index contributed by atoms with van der Waals surface area (Å²) < 4.78 is 17.1. The highest BCUT2D eigenvalue weighted by Crippen LogP contribution is 2.35. The summed E-state index contributed by atoms with van der Waals surface area (Å²) in [6.45, 7) is 11.5. The number of aromatic nitrogens is 3. The molecule has 3 aromatic rings. The summed E-state index contributed by atoms with van der Waals surface area (Å²) in [5, 5.41) is 39.6. The number of benzene rings is 1. The number of aldehydes is 2. The minimum atomic E-state index is -0.874. The molecule has 0 radical (unpaired) electrons. The number of hydrazone groups is 1. The first-order chi connectivity index (χ1) is 30.4. The molecular formula is C47H64FN11O4. The Balaban J connectivity index is 0.000000169. The second kappa shape index (κ2) is 21.7. The lowest BCUT2D eigenvalue weighted by molar-refractivity contribution is -0.122. The first-order valence-electron chi connectivity index (χ1n) is 22.4. The monoisotopic (exact) mass is 866 g/mol. The van der Waals surface area contributed by atoms with Gasteiger partial charge in [-0.15, -0.1) is 0 Å². The van der Waals surface area contributed by atoms with Gasteiger partial charge in [0, 0.05) is 94.7 Å². The quantitative estimate of drug-likeness (QED) is 0.175. The van der Waals surface area contributed by atoms with Crippen molar-refractivity contribution >= 4 is 47.0 Å². The van der Waals surface area contributed by atoms with Crippen LogP contribution in [0.5, 0.6) is 0 Å². The minimum absolute atomic E-state index is 0.0554. The number of aryl methyl sites for hydroxylation is 1. The zero-order chi connectivity index (χ0) is 45.1. The molecule has 63 heavy (non-hydrogen) atoms. The molecule has 2 atom stereocenters. The average Bonchev–Trinajstić information content (AvgIpc) is 3.94. The van der Waals surface area contributed by atoms with Gasteiger partial charge in [0.25, 0.3) is 0 Å². The van der Waals surface area contributed by atoms with Crippen LogP contribution in [0.15, 0.2) is 52.9 Å². The molecule has 2 aromatic heterocycles. The third kappa shape index (κ3) is 11.6. The fraction of sp³-hybridized carbons (Fsp3) is 0.553. The number of piperazine rings is 1. The van der Waals surface area contributed by atoms with E-state index in [4.69, 9.17) is 10.4 Å². The Morgan fingerprint density at radius 3 is 2.43 bits per heavy atom. The molecule has 8 rings (SSSR count). The molecule has 16 heteroatoms. The summed E-state index contributed by atoms with van der Waals surface area (Å²) in [4.78, 5) is 42.7. The zero-order valence-corrected chi connectivity index (χ0v) is 37.4. The Hall–Kier alpha value is -5.50. The van der Waals surface area contributed by atoms with Crippen LogP contribution in [0.4, 0.5) is 15.8 Å². The van der Waals surface area contributed by atoms with Crippen molar-refractivity contribution in [3.05, 3.63) is 70.6 Å². The maximum atomic E-state index is 15.0. The summed E-state index contributed by atoms with van der Waals surface area (Å²) in [7, 11) is 3.40.